The monoisotopic (exact) mass is 348 g/mol. The van der Waals surface area contributed by atoms with Gasteiger partial charge in [0.2, 0.25) is 0 Å². The summed E-state index contributed by atoms with van der Waals surface area (Å²) in [5.74, 6) is 0.906. The van der Waals surface area contributed by atoms with E-state index in [0.717, 1.165) is 10.2 Å². The minimum absolute atomic E-state index is 0.249. The smallest absolute Gasteiger partial charge is 0.269 e. The number of hydrogen-bond donors (Lipinski definition) is 1. The van der Waals surface area contributed by atoms with Crippen LogP contribution in [0.5, 0.6) is 5.75 Å². The predicted molar refractivity (Wildman–Crippen MR) is 86.5 cm³/mol. The van der Waals surface area contributed by atoms with Gasteiger partial charge in [0.1, 0.15) is 11.6 Å². The summed E-state index contributed by atoms with van der Waals surface area (Å²) in [5.41, 5.74) is -0.182. The number of anilines is 1. The molecule has 0 aliphatic rings. The van der Waals surface area contributed by atoms with E-state index < -0.39 is 5.60 Å². The number of carbonyl (C=O) groups excluding carboxylic acids is 1. The molecule has 4 nitrogen and oxygen atoms in total. The SMILES string of the molecule is Cc1nc(NC(=O)C(C)(C)Oc2ccccc2)ccc1Br. The van der Waals surface area contributed by atoms with Crippen LogP contribution in [0.3, 0.4) is 0 Å². The maximum atomic E-state index is 12.3. The van der Waals surface area contributed by atoms with Gasteiger partial charge in [0.15, 0.2) is 5.60 Å². The molecule has 0 unspecified atom stereocenters. The number of pyridine rings is 1. The van der Waals surface area contributed by atoms with Crippen LogP contribution in [0.4, 0.5) is 5.82 Å². The van der Waals surface area contributed by atoms with Gasteiger partial charge in [-0.3, -0.25) is 4.79 Å². The molecule has 1 heterocycles. The maximum Gasteiger partial charge on any atom is 0.269 e. The normalized spacial score (nSPS) is 11.0. The molecule has 0 atom stereocenters. The molecular weight excluding hydrogens is 332 g/mol. The summed E-state index contributed by atoms with van der Waals surface area (Å²) in [4.78, 5) is 16.6. The Balaban J connectivity index is 2.09. The molecule has 110 valence electrons. The van der Waals surface area contributed by atoms with Crippen molar-refractivity contribution >= 4 is 27.7 Å². The van der Waals surface area contributed by atoms with Crippen molar-refractivity contribution in [1.29, 1.82) is 0 Å². The van der Waals surface area contributed by atoms with E-state index in [9.17, 15) is 4.79 Å². The zero-order chi connectivity index (χ0) is 15.5. The Hall–Kier alpha value is -1.88. The standard InChI is InChI=1S/C16H17BrN2O2/c1-11-13(17)9-10-14(18-11)19-15(20)16(2,3)21-12-7-5-4-6-8-12/h4-10H,1-3H3,(H,18,19,20). The third-order valence-electron chi connectivity index (χ3n) is 2.93. The molecule has 21 heavy (non-hydrogen) atoms. The third kappa shape index (κ3) is 4.04. The molecule has 0 saturated carbocycles. The van der Waals surface area contributed by atoms with Gasteiger partial charge in [0.05, 0.1) is 5.69 Å². The molecule has 0 aliphatic carbocycles. The average Bonchev–Trinajstić information content (AvgIpc) is 2.43. The van der Waals surface area contributed by atoms with Crippen LogP contribution >= 0.6 is 15.9 Å². The minimum atomic E-state index is -0.996. The predicted octanol–water partition coefficient (Wildman–Crippen LogP) is 3.95. The lowest BCUT2D eigenvalue weighted by molar-refractivity contribution is -0.128. The van der Waals surface area contributed by atoms with E-state index in [1.54, 1.807) is 19.9 Å². The molecule has 1 amide bonds. The number of aromatic nitrogens is 1. The highest BCUT2D eigenvalue weighted by Gasteiger charge is 2.30. The zero-order valence-corrected chi connectivity index (χ0v) is 13.8. The molecule has 1 aromatic heterocycles. The number of amides is 1. The zero-order valence-electron chi connectivity index (χ0n) is 12.2. The maximum absolute atomic E-state index is 12.3. The van der Waals surface area contributed by atoms with Gasteiger partial charge in [0, 0.05) is 4.47 Å². The van der Waals surface area contributed by atoms with Crippen LogP contribution in [0.15, 0.2) is 46.9 Å². The van der Waals surface area contributed by atoms with Crippen LogP contribution in [0.25, 0.3) is 0 Å². The van der Waals surface area contributed by atoms with Crippen LogP contribution in [0.1, 0.15) is 19.5 Å². The fourth-order valence-corrected chi connectivity index (χ4v) is 1.93. The molecule has 5 heteroatoms. The van der Waals surface area contributed by atoms with Gasteiger partial charge in [0.25, 0.3) is 5.91 Å². The second-order valence-electron chi connectivity index (χ2n) is 5.14. The molecule has 0 radical (unpaired) electrons. The number of aryl methyl sites for hydroxylation is 1. The van der Waals surface area contributed by atoms with Crippen molar-refractivity contribution in [3.63, 3.8) is 0 Å². The van der Waals surface area contributed by atoms with Crippen molar-refractivity contribution in [3.8, 4) is 5.75 Å². The summed E-state index contributed by atoms with van der Waals surface area (Å²) in [6.07, 6.45) is 0. The van der Waals surface area contributed by atoms with Crippen molar-refractivity contribution in [1.82, 2.24) is 4.98 Å². The Morgan fingerprint density at radius 3 is 2.48 bits per heavy atom. The first-order chi connectivity index (χ1) is 9.88. The number of ether oxygens (including phenoxy) is 1. The largest absolute Gasteiger partial charge is 0.478 e. The number of rotatable bonds is 4. The summed E-state index contributed by atoms with van der Waals surface area (Å²) in [7, 11) is 0. The Kier molecular flexibility index (Phi) is 4.63. The summed E-state index contributed by atoms with van der Waals surface area (Å²) in [6.45, 7) is 5.31. The highest BCUT2D eigenvalue weighted by Crippen LogP contribution is 2.20. The fraction of sp³-hybridized carbons (Fsp3) is 0.250. The quantitative estimate of drug-likeness (QED) is 0.909. The van der Waals surface area contributed by atoms with Crippen LogP contribution in [0, 0.1) is 6.92 Å². The number of benzene rings is 1. The van der Waals surface area contributed by atoms with Gasteiger partial charge in [-0.2, -0.15) is 0 Å². The van der Waals surface area contributed by atoms with Gasteiger partial charge < -0.3 is 10.1 Å². The number of carbonyl (C=O) groups is 1. The van der Waals surface area contributed by atoms with Crippen molar-refractivity contribution in [2.24, 2.45) is 0 Å². The number of hydrogen-bond acceptors (Lipinski definition) is 3. The average molecular weight is 349 g/mol. The van der Waals surface area contributed by atoms with E-state index in [4.69, 9.17) is 4.74 Å². The number of nitrogens with one attached hydrogen (secondary N) is 1. The molecule has 0 bridgehead atoms. The molecule has 1 aromatic carbocycles. The van der Waals surface area contributed by atoms with Crippen molar-refractivity contribution < 1.29 is 9.53 Å². The van der Waals surface area contributed by atoms with Crippen molar-refractivity contribution in [3.05, 3.63) is 52.6 Å². The van der Waals surface area contributed by atoms with Gasteiger partial charge in [-0.05, 0) is 61.0 Å². The highest BCUT2D eigenvalue weighted by atomic mass is 79.9. The highest BCUT2D eigenvalue weighted by molar-refractivity contribution is 9.10. The summed E-state index contributed by atoms with van der Waals surface area (Å²) in [5, 5.41) is 2.77. The van der Waals surface area contributed by atoms with E-state index in [1.165, 1.54) is 0 Å². The molecule has 1 N–H and O–H groups in total. The first-order valence-electron chi connectivity index (χ1n) is 6.57. The van der Waals surface area contributed by atoms with Crippen LogP contribution in [0.2, 0.25) is 0 Å². The second-order valence-corrected chi connectivity index (χ2v) is 6.00. The Labute approximate surface area is 132 Å². The fourth-order valence-electron chi connectivity index (χ4n) is 1.71. The first-order valence-corrected chi connectivity index (χ1v) is 7.36. The number of halogens is 1. The lowest BCUT2D eigenvalue weighted by atomic mass is 10.1. The molecule has 2 rings (SSSR count). The van der Waals surface area contributed by atoms with E-state index in [1.807, 2.05) is 43.3 Å². The van der Waals surface area contributed by atoms with Crippen molar-refractivity contribution in [2.45, 2.75) is 26.4 Å². The topological polar surface area (TPSA) is 51.2 Å². The van der Waals surface area contributed by atoms with Gasteiger partial charge >= 0.3 is 0 Å². The Morgan fingerprint density at radius 2 is 1.86 bits per heavy atom. The molecule has 2 aromatic rings. The Morgan fingerprint density at radius 1 is 1.19 bits per heavy atom. The number of nitrogens with zero attached hydrogens (tertiary/aromatic N) is 1. The number of para-hydroxylation sites is 1. The molecule has 0 spiro atoms. The van der Waals surface area contributed by atoms with Gasteiger partial charge in [-0.15, -0.1) is 0 Å². The van der Waals surface area contributed by atoms with Gasteiger partial charge in [-0.1, -0.05) is 18.2 Å². The molecular formula is C16H17BrN2O2. The summed E-state index contributed by atoms with van der Waals surface area (Å²) in [6, 6.07) is 12.9. The van der Waals surface area contributed by atoms with Crippen molar-refractivity contribution in [2.75, 3.05) is 5.32 Å². The van der Waals surface area contributed by atoms with E-state index in [-0.39, 0.29) is 5.91 Å². The molecule has 0 saturated heterocycles. The van der Waals surface area contributed by atoms with E-state index in [0.29, 0.717) is 11.6 Å². The summed E-state index contributed by atoms with van der Waals surface area (Å²) >= 11 is 3.38. The lowest BCUT2D eigenvalue weighted by Crippen LogP contribution is -2.42. The second kappa shape index (κ2) is 6.26. The summed E-state index contributed by atoms with van der Waals surface area (Å²) < 4.78 is 6.64. The van der Waals surface area contributed by atoms with Crippen LogP contribution in [-0.2, 0) is 4.79 Å². The molecule has 0 fully saturated rings. The van der Waals surface area contributed by atoms with Gasteiger partial charge in [-0.25, -0.2) is 4.98 Å². The first kappa shape index (κ1) is 15.5. The Bertz CT molecular complexity index is 642. The van der Waals surface area contributed by atoms with E-state index in [2.05, 4.69) is 26.2 Å². The molecule has 0 aliphatic heterocycles. The van der Waals surface area contributed by atoms with E-state index >= 15 is 0 Å². The van der Waals surface area contributed by atoms with Crippen LogP contribution < -0.4 is 10.1 Å². The van der Waals surface area contributed by atoms with Crippen LogP contribution in [-0.4, -0.2) is 16.5 Å². The lowest BCUT2D eigenvalue weighted by Gasteiger charge is -2.25. The third-order valence-corrected chi connectivity index (χ3v) is 3.76. The minimum Gasteiger partial charge on any atom is -0.478 e.